The Morgan fingerprint density at radius 2 is 1.62 bits per heavy atom. The van der Waals surface area contributed by atoms with Gasteiger partial charge in [-0.3, -0.25) is 0 Å². The Morgan fingerprint density at radius 1 is 0.931 bits per heavy atom. The topological polar surface area (TPSA) is 84.2 Å². The highest BCUT2D eigenvalue weighted by molar-refractivity contribution is 7.89. The fraction of sp³-hybridized carbons (Fsp3) is 0.278. The second-order valence-electron chi connectivity index (χ2n) is 6.62. The summed E-state index contributed by atoms with van der Waals surface area (Å²) in [5, 5.41) is 12.6. The molecule has 0 saturated carbocycles. The lowest BCUT2D eigenvalue weighted by Gasteiger charge is -2.34. The zero-order chi connectivity index (χ0) is 20.6. The Hall–Kier alpha value is -2.92. The van der Waals surface area contributed by atoms with Crippen molar-refractivity contribution in [1.29, 1.82) is 0 Å². The van der Waals surface area contributed by atoms with Crippen LogP contribution in [-0.2, 0) is 10.0 Å². The number of aromatic nitrogens is 4. The number of sulfonamides is 1. The molecule has 1 aromatic carbocycles. The van der Waals surface area contributed by atoms with E-state index >= 15 is 0 Å². The fourth-order valence-electron chi connectivity index (χ4n) is 3.13. The van der Waals surface area contributed by atoms with Gasteiger partial charge < -0.3 is 4.90 Å². The number of nitrogens with zero attached hydrogens (tertiary/aromatic N) is 6. The molecule has 2 aromatic heterocycles. The lowest BCUT2D eigenvalue weighted by atomic mass is 10.3. The fourth-order valence-corrected chi connectivity index (χ4v) is 4.60. The van der Waals surface area contributed by atoms with Crippen LogP contribution in [0.5, 0.6) is 0 Å². The average Bonchev–Trinajstić information content (AvgIpc) is 3.14. The average molecular weight is 420 g/mol. The van der Waals surface area contributed by atoms with Gasteiger partial charge in [-0.25, -0.2) is 21.9 Å². The number of aryl methyl sites for hydroxylation is 1. The summed E-state index contributed by atoms with van der Waals surface area (Å²) in [6.07, 6.45) is 1.79. The first-order valence-electron chi connectivity index (χ1n) is 8.91. The predicted octanol–water partition coefficient (Wildman–Crippen LogP) is 1.76. The molecule has 4 rings (SSSR count). The molecule has 3 aromatic rings. The van der Waals surface area contributed by atoms with Gasteiger partial charge in [0.15, 0.2) is 11.6 Å². The Balaban J connectivity index is 1.45. The van der Waals surface area contributed by atoms with Crippen LogP contribution >= 0.6 is 0 Å². The lowest BCUT2D eigenvalue weighted by Crippen LogP contribution is -2.49. The third-order valence-corrected chi connectivity index (χ3v) is 6.60. The van der Waals surface area contributed by atoms with Crippen LogP contribution in [0.15, 0.2) is 47.5 Å². The van der Waals surface area contributed by atoms with Gasteiger partial charge in [-0.05, 0) is 37.3 Å². The highest BCUT2D eigenvalue weighted by Crippen LogP contribution is 2.23. The molecule has 0 bridgehead atoms. The summed E-state index contributed by atoms with van der Waals surface area (Å²) in [6, 6.07) is 7.90. The van der Waals surface area contributed by atoms with Crippen LogP contribution in [0.3, 0.4) is 0 Å². The first kappa shape index (κ1) is 19.4. The monoisotopic (exact) mass is 420 g/mol. The van der Waals surface area contributed by atoms with Crippen molar-refractivity contribution in [2.75, 3.05) is 31.1 Å². The van der Waals surface area contributed by atoms with Crippen molar-refractivity contribution >= 4 is 15.8 Å². The zero-order valence-electron chi connectivity index (χ0n) is 15.5. The number of hydrogen-bond acceptors (Lipinski definition) is 6. The summed E-state index contributed by atoms with van der Waals surface area (Å²) < 4.78 is 55.2. The molecule has 0 N–H and O–H groups in total. The van der Waals surface area contributed by atoms with E-state index in [0.29, 0.717) is 30.8 Å². The summed E-state index contributed by atoms with van der Waals surface area (Å²) in [5.74, 6) is -0.723. The largest absolute Gasteiger partial charge is 0.352 e. The van der Waals surface area contributed by atoms with Crippen LogP contribution < -0.4 is 4.90 Å². The molecule has 0 aliphatic carbocycles. The van der Waals surface area contributed by atoms with E-state index in [1.807, 2.05) is 17.9 Å². The van der Waals surface area contributed by atoms with E-state index in [0.717, 1.165) is 17.8 Å². The Morgan fingerprint density at radius 3 is 2.21 bits per heavy atom. The molecule has 1 aliphatic heterocycles. The van der Waals surface area contributed by atoms with Crippen LogP contribution in [0, 0.1) is 18.6 Å². The number of halogens is 2. The maximum Gasteiger partial charge on any atom is 0.246 e. The van der Waals surface area contributed by atoms with Crippen LogP contribution in [0.2, 0.25) is 0 Å². The number of hydrogen-bond donors (Lipinski definition) is 0. The predicted molar refractivity (Wildman–Crippen MR) is 101 cm³/mol. The van der Waals surface area contributed by atoms with Crippen molar-refractivity contribution in [2.45, 2.75) is 11.8 Å². The maximum atomic E-state index is 13.9. The summed E-state index contributed by atoms with van der Waals surface area (Å²) in [5.41, 5.74) is 0.866. The highest BCUT2D eigenvalue weighted by atomic mass is 32.2. The molecule has 0 amide bonds. The summed E-state index contributed by atoms with van der Waals surface area (Å²) in [4.78, 5) is 1.38. The highest BCUT2D eigenvalue weighted by Gasteiger charge is 2.31. The molecular weight excluding hydrogens is 402 g/mol. The van der Waals surface area contributed by atoms with E-state index in [4.69, 9.17) is 0 Å². The van der Waals surface area contributed by atoms with Crippen LogP contribution in [0.4, 0.5) is 14.6 Å². The quantitative estimate of drug-likeness (QED) is 0.640. The standard InChI is InChI=1S/C18H18F2N6O2S/c1-13-6-7-26(23-13)18-5-4-17(21-22-18)24-8-10-25(11-9-24)29(27,28)16-3-2-14(19)12-15(16)20/h2-7,12H,8-11H2,1H3. The van der Waals surface area contributed by atoms with Crippen molar-refractivity contribution < 1.29 is 17.2 Å². The maximum absolute atomic E-state index is 13.9. The van der Waals surface area contributed by atoms with Crippen molar-refractivity contribution in [2.24, 2.45) is 0 Å². The van der Waals surface area contributed by atoms with Gasteiger partial charge in [0.05, 0.1) is 5.69 Å². The van der Waals surface area contributed by atoms with E-state index in [1.54, 1.807) is 23.0 Å². The number of piperazine rings is 1. The van der Waals surface area contributed by atoms with E-state index in [2.05, 4.69) is 15.3 Å². The van der Waals surface area contributed by atoms with Crippen molar-refractivity contribution in [3.05, 3.63) is 59.9 Å². The van der Waals surface area contributed by atoms with Crippen molar-refractivity contribution in [3.8, 4) is 5.82 Å². The van der Waals surface area contributed by atoms with Gasteiger partial charge in [-0.1, -0.05) is 0 Å². The van der Waals surface area contributed by atoms with Crippen molar-refractivity contribution in [1.82, 2.24) is 24.3 Å². The molecule has 8 nitrogen and oxygen atoms in total. The minimum Gasteiger partial charge on any atom is -0.352 e. The molecule has 1 aliphatic rings. The number of anilines is 1. The molecule has 0 spiro atoms. The van der Waals surface area contributed by atoms with Crippen LogP contribution in [0.25, 0.3) is 5.82 Å². The van der Waals surface area contributed by atoms with Gasteiger partial charge in [0.2, 0.25) is 10.0 Å². The van der Waals surface area contributed by atoms with Gasteiger partial charge in [-0.2, -0.15) is 9.40 Å². The SMILES string of the molecule is Cc1ccn(-c2ccc(N3CCN(S(=O)(=O)c4ccc(F)cc4F)CC3)nn2)n1. The molecule has 29 heavy (non-hydrogen) atoms. The first-order chi connectivity index (χ1) is 13.8. The molecular formula is C18H18F2N6O2S. The third kappa shape index (κ3) is 3.83. The van der Waals surface area contributed by atoms with Gasteiger partial charge in [0, 0.05) is 38.4 Å². The molecule has 1 fully saturated rings. The van der Waals surface area contributed by atoms with Crippen LogP contribution in [-0.4, -0.2) is 58.9 Å². The van der Waals surface area contributed by atoms with Gasteiger partial charge in [-0.15, -0.1) is 10.2 Å². The summed E-state index contributed by atoms with van der Waals surface area (Å²) in [6.45, 7) is 2.93. The van der Waals surface area contributed by atoms with Gasteiger partial charge >= 0.3 is 0 Å². The van der Waals surface area contributed by atoms with Gasteiger partial charge in [0.25, 0.3) is 0 Å². The Labute approximate surface area is 166 Å². The lowest BCUT2D eigenvalue weighted by molar-refractivity contribution is 0.380. The molecule has 0 radical (unpaired) electrons. The first-order valence-corrected chi connectivity index (χ1v) is 10.3. The minimum absolute atomic E-state index is 0.154. The molecule has 0 atom stereocenters. The van der Waals surface area contributed by atoms with E-state index in [-0.39, 0.29) is 13.1 Å². The smallest absolute Gasteiger partial charge is 0.246 e. The molecule has 1 saturated heterocycles. The Bertz CT molecular complexity index is 1130. The summed E-state index contributed by atoms with van der Waals surface area (Å²) >= 11 is 0. The number of rotatable bonds is 4. The molecule has 152 valence electrons. The normalized spacial score (nSPS) is 15.6. The van der Waals surface area contributed by atoms with E-state index < -0.39 is 26.6 Å². The third-order valence-electron chi connectivity index (χ3n) is 4.67. The number of benzene rings is 1. The van der Waals surface area contributed by atoms with Crippen LogP contribution in [0.1, 0.15) is 5.69 Å². The second kappa shape index (κ2) is 7.48. The van der Waals surface area contributed by atoms with Gasteiger partial charge in [0.1, 0.15) is 16.5 Å². The summed E-state index contributed by atoms with van der Waals surface area (Å²) in [7, 11) is -4.04. The zero-order valence-corrected chi connectivity index (χ0v) is 16.4. The van der Waals surface area contributed by atoms with E-state index in [9.17, 15) is 17.2 Å². The molecule has 3 heterocycles. The second-order valence-corrected chi connectivity index (χ2v) is 8.52. The molecule has 11 heteroatoms. The van der Waals surface area contributed by atoms with Crippen molar-refractivity contribution in [3.63, 3.8) is 0 Å². The Kier molecular flexibility index (Phi) is 5.01. The minimum atomic E-state index is -4.04. The van der Waals surface area contributed by atoms with E-state index in [1.165, 1.54) is 4.31 Å². The molecule has 0 unspecified atom stereocenters.